The average molecular weight is 604 g/mol. The molecule has 2 aliphatic heterocycles. The number of nitrogens with one attached hydrogen (secondary N) is 1. The molecule has 2 saturated heterocycles. The summed E-state index contributed by atoms with van der Waals surface area (Å²) in [7, 11) is 0. The zero-order valence-electron chi connectivity index (χ0n) is 22.5. The molecule has 3 aromatic carbocycles. The number of ether oxygens (including phenoxy) is 1. The number of thioether (sulfide) groups is 1. The first kappa shape index (κ1) is 28.3. The van der Waals surface area contributed by atoms with E-state index in [1.54, 1.807) is 65.2 Å². The molecule has 2 aliphatic rings. The number of halogens is 3. The van der Waals surface area contributed by atoms with Crippen LogP contribution >= 0.6 is 11.8 Å². The van der Waals surface area contributed by atoms with Crippen LogP contribution in [0.2, 0.25) is 0 Å². The van der Waals surface area contributed by atoms with E-state index in [0.717, 1.165) is 4.90 Å². The van der Waals surface area contributed by atoms with Crippen molar-refractivity contribution < 1.29 is 22.7 Å². The predicted molar refractivity (Wildman–Crippen MR) is 156 cm³/mol. The fraction of sp³-hybridized carbons (Fsp3) is 0.200. The van der Waals surface area contributed by atoms with E-state index in [-0.39, 0.29) is 27.7 Å². The van der Waals surface area contributed by atoms with Crippen molar-refractivity contribution in [2.75, 3.05) is 36.1 Å². The van der Waals surface area contributed by atoms with Gasteiger partial charge in [0.2, 0.25) is 10.8 Å². The molecule has 1 N–H and O–H groups in total. The lowest BCUT2D eigenvalue weighted by Crippen LogP contribution is -2.61. The van der Waals surface area contributed by atoms with Crippen molar-refractivity contribution in [1.82, 2.24) is 20.1 Å². The zero-order chi connectivity index (χ0) is 30.0. The van der Waals surface area contributed by atoms with Gasteiger partial charge in [0.15, 0.2) is 5.82 Å². The first-order valence-corrected chi connectivity index (χ1v) is 14.1. The molecule has 13 heteroatoms. The quantitative estimate of drug-likeness (QED) is 0.293. The summed E-state index contributed by atoms with van der Waals surface area (Å²) in [6.07, 6.45) is -4.95. The molecule has 43 heavy (non-hydrogen) atoms. The minimum atomic E-state index is -4.95. The number of carbonyl (C=O) groups excluding carboxylic acids is 1. The van der Waals surface area contributed by atoms with E-state index in [9.17, 15) is 10.1 Å². The number of anilines is 2. The third-order valence-electron chi connectivity index (χ3n) is 7.04. The van der Waals surface area contributed by atoms with E-state index in [1.165, 1.54) is 24.3 Å². The molecule has 2 fully saturated rings. The molecular formula is C30H24F3N7O2S. The molecular weight excluding hydrogens is 579 g/mol. The summed E-state index contributed by atoms with van der Waals surface area (Å²) in [6, 6.07) is 25.3. The monoisotopic (exact) mass is 603 g/mol. The van der Waals surface area contributed by atoms with Crippen LogP contribution < -0.4 is 15.1 Å². The lowest BCUT2D eigenvalue weighted by atomic mass is 10.1. The van der Waals surface area contributed by atoms with Crippen molar-refractivity contribution in [2.45, 2.75) is 11.0 Å². The largest absolute Gasteiger partial charge is 0.425 e. The van der Waals surface area contributed by atoms with Crippen molar-refractivity contribution in [3.8, 4) is 11.8 Å². The standard InChI is InChI=1S/C30H24F3N7O2S/c31-30(32,33)29(21-10-4-1-5-11-21)35-28(41)40(23-14-8-3-9-15-23)26(43-29)24(20-34)25-36-37-27(38-16-18-42-19-17-38)39(25)22-12-6-2-7-13-22/h1-15H,16-19H2,(H,35,41)/b26-24+/t29-/m1/s1. The first-order valence-electron chi connectivity index (χ1n) is 13.3. The molecule has 0 bridgehead atoms. The molecule has 218 valence electrons. The summed E-state index contributed by atoms with van der Waals surface area (Å²) in [5, 5.41) is 21.4. The number of urea groups is 1. The minimum Gasteiger partial charge on any atom is -0.378 e. The van der Waals surface area contributed by atoms with E-state index >= 15 is 13.2 Å². The Balaban J connectivity index is 1.63. The number of para-hydroxylation sites is 2. The van der Waals surface area contributed by atoms with Gasteiger partial charge in [-0.2, -0.15) is 18.4 Å². The topological polar surface area (TPSA) is 99.3 Å². The highest BCUT2D eigenvalue weighted by atomic mass is 32.2. The van der Waals surface area contributed by atoms with Crippen LogP contribution in [-0.4, -0.2) is 53.3 Å². The summed E-state index contributed by atoms with van der Waals surface area (Å²) in [5.41, 5.74) is 0.434. The summed E-state index contributed by atoms with van der Waals surface area (Å²) in [4.78, 5) is 13.9. The number of hydrogen-bond donors (Lipinski definition) is 1. The third-order valence-corrected chi connectivity index (χ3v) is 8.49. The molecule has 1 atom stereocenters. The van der Waals surface area contributed by atoms with E-state index in [1.807, 2.05) is 11.0 Å². The van der Waals surface area contributed by atoms with E-state index in [2.05, 4.69) is 21.6 Å². The molecule has 6 rings (SSSR count). The van der Waals surface area contributed by atoms with Gasteiger partial charge < -0.3 is 15.0 Å². The SMILES string of the molecule is N#C/C(=C1\S[C@](c2ccccc2)(C(F)(F)F)NC(=O)N1c1ccccc1)c1nnc(N2CCOCC2)n1-c1ccccc1. The van der Waals surface area contributed by atoms with Crippen LogP contribution in [0, 0.1) is 11.3 Å². The summed E-state index contributed by atoms with van der Waals surface area (Å²) in [5.74, 6) is 0.400. The normalized spacial score (nSPS) is 20.4. The molecule has 3 heterocycles. The summed E-state index contributed by atoms with van der Waals surface area (Å²) in [6.45, 7) is 1.90. The second kappa shape index (κ2) is 11.5. The number of nitriles is 1. The summed E-state index contributed by atoms with van der Waals surface area (Å²) >= 11 is 0.333. The van der Waals surface area contributed by atoms with Crippen LogP contribution in [0.4, 0.5) is 29.6 Å². The highest BCUT2D eigenvalue weighted by molar-refractivity contribution is 8.04. The van der Waals surface area contributed by atoms with Crippen LogP contribution in [0.1, 0.15) is 11.4 Å². The Morgan fingerprint density at radius 2 is 1.49 bits per heavy atom. The molecule has 0 radical (unpaired) electrons. The zero-order valence-corrected chi connectivity index (χ0v) is 23.3. The molecule has 9 nitrogen and oxygen atoms in total. The fourth-order valence-corrected chi connectivity index (χ4v) is 6.32. The Bertz CT molecular complexity index is 1690. The van der Waals surface area contributed by atoms with Crippen LogP contribution in [0.25, 0.3) is 11.3 Å². The van der Waals surface area contributed by atoms with Gasteiger partial charge in [0.05, 0.1) is 24.6 Å². The number of morpholine rings is 1. The second-order valence-corrected chi connectivity index (χ2v) is 10.8. The predicted octanol–water partition coefficient (Wildman–Crippen LogP) is 5.67. The Morgan fingerprint density at radius 3 is 2.07 bits per heavy atom. The fourth-order valence-electron chi connectivity index (χ4n) is 5.00. The second-order valence-electron chi connectivity index (χ2n) is 9.63. The maximum atomic E-state index is 15.1. The van der Waals surface area contributed by atoms with Crippen molar-refractivity contribution in [3.63, 3.8) is 0 Å². The lowest BCUT2D eigenvalue weighted by molar-refractivity contribution is -0.167. The maximum Gasteiger partial charge on any atom is 0.425 e. The van der Waals surface area contributed by atoms with Gasteiger partial charge in [0.1, 0.15) is 16.7 Å². The maximum absolute atomic E-state index is 15.1. The minimum absolute atomic E-state index is 0.00235. The molecule has 0 spiro atoms. The van der Waals surface area contributed by atoms with Crippen molar-refractivity contribution in [1.29, 1.82) is 5.26 Å². The summed E-state index contributed by atoms with van der Waals surface area (Å²) < 4.78 is 52.4. The smallest absolute Gasteiger partial charge is 0.378 e. The van der Waals surface area contributed by atoms with Gasteiger partial charge in [-0.3, -0.25) is 9.47 Å². The third kappa shape index (κ3) is 5.09. The van der Waals surface area contributed by atoms with Gasteiger partial charge in [0, 0.05) is 13.1 Å². The van der Waals surface area contributed by atoms with Gasteiger partial charge in [0.25, 0.3) is 0 Å². The molecule has 2 amide bonds. The number of aromatic nitrogens is 3. The molecule has 1 aromatic heterocycles. The highest BCUT2D eigenvalue weighted by Crippen LogP contribution is 2.55. The molecule has 0 aliphatic carbocycles. The number of hydrogen-bond acceptors (Lipinski definition) is 7. The van der Waals surface area contributed by atoms with Crippen LogP contribution in [0.3, 0.4) is 0 Å². The number of rotatable bonds is 5. The van der Waals surface area contributed by atoms with E-state index < -0.39 is 17.1 Å². The van der Waals surface area contributed by atoms with Gasteiger partial charge in [-0.1, -0.05) is 78.5 Å². The molecule has 4 aromatic rings. The van der Waals surface area contributed by atoms with Crippen LogP contribution in [0.15, 0.2) is 96.0 Å². The van der Waals surface area contributed by atoms with Gasteiger partial charge in [-0.15, -0.1) is 10.2 Å². The number of nitrogens with zero attached hydrogens (tertiary/aromatic N) is 6. The first-order chi connectivity index (χ1) is 20.8. The number of amides is 2. The molecule has 0 unspecified atom stereocenters. The number of allylic oxidation sites excluding steroid dienone is 1. The Labute approximate surface area is 249 Å². The van der Waals surface area contributed by atoms with Crippen molar-refractivity contribution >= 4 is 35.0 Å². The highest BCUT2D eigenvalue weighted by Gasteiger charge is 2.62. The molecule has 0 saturated carbocycles. The Hall–Kier alpha value is -4.80. The van der Waals surface area contributed by atoms with E-state index in [4.69, 9.17) is 4.74 Å². The van der Waals surface area contributed by atoms with Crippen molar-refractivity contribution in [2.24, 2.45) is 0 Å². The van der Waals surface area contributed by atoms with E-state index in [0.29, 0.717) is 49.7 Å². The number of carbonyl (C=O) groups is 1. The number of benzene rings is 3. The van der Waals surface area contributed by atoms with Gasteiger partial charge in [-0.05, 0) is 29.8 Å². The average Bonchev–Trinajstić information content (AvgIpc) is 3.47. The number of alkyl halides is 3. The Morgan fingerprint density at radius 1 is 0.907 bits per heavy atom. The van der Waals surface area contributed by atoms with Gasteiger partial charge >= 0.3 is 12.2 Å². The van der Waals surface area contributed by atoms with Crippen molar-refractivity contribution in [3.05, 3.63) is 107 Å². The Kier molecular flexibility index (Phi) is 7.55. The lowest BCUT2D eigenvalue weighted by Gasteiger charge is -2.44. The van der Waals surface area contributed by atoms with Crippen LogP contribution in [0.5, 0.6) is 0 Å². The van der Waals surface area contributed by atoms with Gasteiger partial charge in [-0.25, -0.2) is 4.79 Å². The van der Waals surface area contributed by atoms with Crippen LogP contribution in [-0.2, 0) is 9.61 Å².